The van der Waals surface area contributed by atoms with Crippen molar-refractivity contribution in [2.24, 2.45) is 5.73 Å². The molecule has 1 atom stereocenters. The van der Waals surface area contributed by atoms with E-state index in [1.54, 1.807) is 6.26 Å². The lowest BCUT2D eigenvalue weighted by Gasteiger charge is -2.04. The van der Waals surface area contributed by atoms with Gasteiger partial charge < -0.3 is 10.2 Å². The third kappa shape index (κ3) is 2.34. The first-order chi connectivity index (χ1) is 5.24. The summed E-state index contributed by atoms with van der Waals surface area (Å²) in [7, 11) is 0. The minimum absolute atomic E-state index is 0.0475. The number of rotatable bonds is 3. The Hall–Kier alpha value is -0.280. The Bertz CT molecular complexity index is 222. The van der Waals surface area contributed by atoms with Crippen LogP contribution in [-0.2, 0) is 0 Å². The molecule has 0 aliphatic heterocycles. The fourth-order valence-electron chi connectivity index (χ4n) is 0.976. The first kappa shape index (κ1) is 8.81. The van der Waals surface area contributed by atoms with Gasteiger partial charge in [0.15, 0.2) is 0 Å². The van der Waals surface area contributed by atoms with Crippen LogP contribution in [0.2, 0.25) is 0 Å². The SMILES string of the molecule is CCC[C@H](N)c1cc(Br)co1. The second-order valence-corrected chi connectivity index (χ2v) is 3.48. The fourth-order valence-corrected chi connectivity index (χ4v) is 1.30. The van der Waals surface area contributed by atoms with E-state index in [0.717, 1.165) is 23.1 Å². The van der Waals surface area contributed by atoms with Gasteiger partial charge in [0.25, 0.3) is 0 Å². The Balaban J connectivity index is 2.60. The molecule has 0 amide bonds. The minimum Gasteiger partial charge on any atom is -0.466 e. The van der Waals surface area contributed by atoms with Crippen LogP contribution < -0.4 is 5.73 Å². The summed E-state index contributed by atoms with van der Waals surface area (Å²) >= 11 is 3.30. The van der Waals surface area contributed by atoms with Crippen molar-refractivity contribution < 1.29 is 4.42 Å². The zero-order valence-electron chi connectivity index (χ0n) is 6.51. The monoisotopic (exact) mass is 217 g/mol. The number of halogens is 1. The lowest BCUT2D eigenvalue weighted by Crippen LogP contribution is -2.08. The van der Waals surface area contributed by atoms with Crippen molar-refractivity contribution in [1.29, 1.82) is 0 Å². The second-order valence-electron chi connectivity index (χ2n) is 2.56. The lowest BCUT2D eigenvalue weighted by molar-refractivity contribution is 0.449. The van der Waals surface area contributed by atoms with E-state index in [0.29, 0.717) is 0 Å². The Kier molecular flexibility index (Phi) is 3.15. The number of furan rings is 1. The van der Waals surface area contributed by atoms with Crippen LogP contribution in [0.5, 0.6) is 0 Å². The quantitative estimate of drug-likeness (QED) is 0.847. The highest BCUT2D eigenvalue weighted by atomic mass is 79.9. The van der Waals surface area contributed by atoms with Crippen molar-refractivity contribution in [3.8, 4) is 0 Å². The van der Waals surface area contributed by atoms with Crippen molar-refractivity contribution in [2.45, 2.75) is 25.8 Å². The minimum atomic E-state index is 0.0475. The Morgan fingerprint density at radius 2 is 2.45 bits per heavy atom. The van der Waals surface area contributed by atoms with Gasteiger partial charge in [-0.25, -0.2) is 0 Å². The molecule has 2 N–H and O–H groups in total. The summed E-state index contributed by atoms with van der Waals surface area (Å²) in [5.41, 5.74) is 5.80. The van der Waals surface area contributed by atoms with Crippen LogP contribution in [0, 0.1) is 0 Å². The van der Waals surface area contributed by atoms with Gasteiger partial charge in [-0.2, -0.15) is 0 Å². The van der Waals surface area contributed by atoms with Crippen molar-refractivity contribution in [3.63, 3.8) is 0 Å². The van der Waals surface area contributed by atoms with Crippen LogP contribution in [0.1, 0.15) is 31.6 Å². The van der Waals surface area contributed by atoms with Gasteiger partial charge in [0, 0.05) is 0 Å². The molecule has 1 aromatic heterocycles. The van der Waals surface area contributed by atoms with Gasteiger partial charge in [-0.05, 0) is 28.4 Å². The summed E-state index contributed by atoms with van der Waals surface area (Å²) in [4.78, 5) is 0. The molecule has 0 saturated carbocycles. The Labute approximate surface area is 74.9 Å². The predicted molar refractivity (Wildman–Crippen MR) is 48.2 cm³/mol. The topological polar surface area (TPSA) is 39.2 Å². The number of hydrogen-bond acceptors (Lipinski definition) is 2. The molecule has 0 aromatic carbocycles. The average molecular weight is 218 g/mol. The number of hydrogen-bond donors (Lipinski definition) is 1. The molecule has 1 aromatic rings. The molecule has 2 nitrogen and oxygen atoms in total. The van der Waals surface area contributed by atoms with Gasteiger partial charge in [0.2, 0.25) is 0 Å². The smallest absolute Gasteiger partial charge is 0.121 e. The van der Waals surface area contributed by atoms with E-state index >= 15 is 0 Å². The van der Waals surface area contributed by atoms with Gasteiger partial charge in [-0.1, -0.05) is 13.3 Å². The van der Waals surface area contributed by atoms with Gasteiger partial charge in [0.05, 0.1) is 10.5 Å². The van der Waals surface area contributed by atoms with Crippen LogP contribution in [-0.4, -0.2) is 0 Å². The largest absolute Gasteiger partial charge is 0.466 e. The molecule has 0 unspecified atom stereocenters. The van der Waals surface area contributed by atoms with Crippen LogP contribution in [0.3, 0.4) is 0 Å². The number of nitrogens with two attached hydrogens (primary N) is 1. The average Bonchev–Trinajstić information content (AvgIpc) is 2.36. The zero-order chi connectivity index (χ0) is 8.27. The van der Waals surface area contributed by atoms with E-state index in [1.165, 1.54) is 0 Å². The summed E-state index contributed by atoms with van der Waals surface area (Å²) in [6.07, 6.45) is 3.71. The highest BCUT2D eigenvalue weighted by molar-refractivity contribution is 9.10. The third-order valence-corrected chi connectivity index (χ3v) is 1.97. The normalized spacial score (nSPS) is 13.4. The van der Waals surface area contributed by atoms with E-state index in [4.69, 9.17) is 10.2 Å². The molecule has 0 radical (unpaired) electrons. The third-order valence-electron chi connectivity index (χ3n) is 1.55. The fraction of sp³-hybridized carbons (Fsp3) is 0.500. The predicted octanol–water partition coefficient (Wildman–Crippen LogP) is 2.84. The lowest BCUT2D eigenvalue weighted by atomic mass is 10.1. The maximum Gasteiger partial charge on any atom is 0.121 e. The molecule has 0 aliphatic carbocycles. The van der Waals surface area contributed by atoms with Crippen LogP contribution in [0.25, 0.3) is 0 Å². The van der Waals surface area contributed by atoms with E-state index in [2.05, 4.69) is 22.9 Å². The van der Waals surface area contributed by atoms with Gasteiger partial charge in [-0.3, -0.25) is 0 Å². The van der Waals surface area contributed by atoms with Gasteiger partial charge in [-0.15, -0.1) is 0 Å². The van der Waals surface area contributed by atoms with Gasteiger partial charge in [0.1, 0.15) is 12.0 Å². The Morgan fingerprint density at radius 3 is 2.91 bits per heavy atom. The molecule has 1 heterocycles. The molecular formula is C8H12BrNO. The van der Waals surface area contributed by atoms with E-state index in [1.807, 2.05) is 6.07 Å². The molecule has 11 heavy (non-hydrogen) atoms. The van der Waals surface area contributed by atoms with E-state index in [9.17, 15) is 0 Å². The summed E-state index contributed by atoms with van der Waals surface area (Å²) in [5, 5.41) is 0. The highest BCUT2D eigenvalue weighted by Gasteiger charge is 2.08. The molecule has 0 bridgehead atoms. The van der Waals surface area contributed by atoms with Crippen LogP contribution in [0.4, 0.5) is 0 Å². The summed E-state index contributed by atoms with van der Waals surface area (Å²) in [5.74, 6) is 0.860. The molecular weight excluding hydrogens is 206 g/mol. The van der Waals surface area contributed by atoms with Gasteiger partial charge >= 0.3 is 0 Å². The summed E-state index contributed by atoms with van der Waals surface area (Å²) in [6.45, 7) is 2.11. The summed E-state index contributed by atoms with van der Waals surface area (Å²) < 4.78 is 6.16. The van der Waals surface area contributed by atoms with Crippen molar-refractivity contribution >= 4 is 15.9 Å². The highest BCUT2D eigenvalue weighted by Crippen LogP contribution is 2.21. The molecule has 3 heteroatoms. The first-order valence-corrected chi connectivity index (χ1v) is 4.53. The maximum atomic E-state index is 5.80. The van der Waals surface area contributed by atoms with Crippen LogP contribution >= 0.6 is 15.9 Å². The van der Waals surface area contributed by atoms with Crippen LogP contribution in [0.15, 0.2) is 21.2 Å². The van der Waals surface area contributed by atoms with Crippen molar-refractivity contribution in [2.75, 3.05) is 0 Å². The molecule has 0 aliphatic rings. The molecule has 0 saturated heterocycles. The molecule has 1 rings (SSSR count). The summed E-state index contributed by atoms with van der Waals surface area (Å²) in [6, 6.07) is 1.96. The second kappa shape index (κ2) is 3.93. The van der Waals surface area contributed by atoms with E-state index in [-0.39, 0.29) is 6.04 Å². The van der Waals surface area contributed by atoms with E-state index < -0.39 is 0 Å². The molecule has 0 spiro atoms. The molecule has 62 valence electrons. The molecule has 0 fully saturated rings. The van der Waals surface area contributed by atoms with Crippen molar-refractivity contribution in [1.82, 2.24) is 0 Å². The standard InChI is InChI=1S/C8H12BrNO/c1-2-3-7(10)8-4-6(9)5-11-8/h4-5,7H,2-3,10H2,1H3/t7-/m0/s1. The Morgan fingerprint density at radius 1 is 1.73 bits per heavy atom. The zero-order valence-corrected chi connectivity index (χ0v) is 8.10. The van der Waals surface area contributed by atoms with Crippen molar-refractivity contribution in [3.05, 3.63) is 22.6 Å². The maximum absolute atomic E-state index is 5.80. The first-order valence-electron chi connectivity index (χ1n) is 3.73.